The number of alkyl halides is 1. The van der Waals surface area contributed by atoms with Gasteiger partial charge in [0.05, 0.1) is 0 Å². The van der Waals surface area contributed by atoms with Gasteiger partial charge in [-0.05, 0) is 0 Å². The molecule has 42 valence electrons. The Labute approximate surface area is 40.7 Å². The van der Waals surface area contributed by atoms with E-state index >= 15 is 0 Å². The van der Waals surface area contributed by atoms with Gasteiger partial charge in [-0.15, -0.1) is 0 Å². The van der Waals surface area contributed by atoms with Crippen LogP contribution in [0.2, 0.25) is 0 Å². The molecular weight excluding hydrogens is 101 g/mol. The minimum Gasteiger partial charge on any atom is -0.331 e. The largest absolute Gasteiger partial charge is 0.374 e. The van der Waals surface area contributed by atoms with Gasteiger partial charge in [0.1, 0.15) is 0 Å². The summed E-state index contributed by atoms with van der Waals surface area (Å²) in [6, 6.07) is 0. The van der Waals surface area contributed by atoms with Gasteiger partial charge in [-0.1, -0.05) is 5.16 Å². The highest BCUT2D eigenvalue weighted by molar-refractivity contribution is 5.21. The number of rotatable bonds is 3. The van der Waals surface area contributed by atoms with Gasteiger partial charge in [-0.25, -0.2) is 0 Å². The Kier molecular flexibility index (Phi) is 3.22. The topological polar surface area (TPSA) is 30.8 Å². The summed E-state index contributed by atoms with van der Waals surface area (Å²) in [5, 5.41) is 2.76. The smallest absolute Gasteiger partial charge is 0.331 e. The van der Waals surface area contributed by atoms with Crippen molar-refractivity contribution < 1.29 is 14.0 Å². The SMILES string of the molecule is C=NOC(F)OC. The van der Waals surface area contributed by atoms with Gasteiger partial charge in [-0.3, -0.25) is 0 Å². The van der Waals surface area contributed by atoms with Crippen molar-refractivity contribution in [2.75, 3.05) is 7.11 Å². The van der Waals surface area contributed by atoms with Crippen molar-refractivity contribution in [1.82, 2.24) is 0 Å². The molecule has 0 saturated heterocycles. The maximum atomic E-state index is 11.6. The lowest BCUT2D eigenvalue weighted by molar-refractivity contribution is -0.202. The van der Waals surface area contributed by atoms with Crippen LogP contribution < -0.4 is 0 Å². The predicted molar refractivity (Wildman–Crippen MR) is 22.5 cm³/mol. The fourth-order valence-electron chi connectivity index (χ4n) is 0.102. The van der Waals surface area contributed by atoms with Gasteiger partial charge in [0, 0.05) is 13.8 Å². The van der Waals surface area contributed by atoms with Crippen molar-refractivity contribution in [3.05, 3.63) is 0 Å². The average Bonchev–Trinajstić information content (AvgIpc) is 1.68. The zero-order valence-corrected chi connectivity index (χ0v) is 3.93. The molecule has 0 aromatic rings. The molecule has 0 bridgehead atoms. The van der Waals surface area contributed by atoms with E-state index < -0.39 is 6.54 Å². The van der Waals surface area contributed by atoms with Crippen molar-refractivity contribution in [3.8, 4) is 0 Å². The normalized spacial score (nSPS) is 12.9. The van der Waals surface area contributed by atoms with Crippen LogP contribution >= 0.6 is 0 Å². The van der Waals surface area contributed by atoms with E-state index in [0.29, 0.717) is 0 Å². The molecule has 0 aliphatic rings. The molecule has 7 heavy (non-hydrogen) atoms. The first-order valence-electron chi connectivity index (χ1n) is 1.60. The monoisotopic (exact) mass is 107 g/mol. The van der Waals surface area contributed by atoms with Crippen LogP contribution in [0.1, 0.15) is 0 Å². The fourth-order valence-corrected chi connectivity index (χ4v) is 0.102. The van der Waals surface area contributed by atoms with Crippen molar-refractivity contribution in [3.63, 3.8) is 0 Å². The van der Waals surface area contributed by atoms with E-state index in [2.05, 4.69) is 21.4 Å². The number of hydrogen-bond donors (Lipinski definition) is 0. The zero-order valence-electron chi connectivity index (χ0n) is 3.93. The Bertz CT molecular complexity index is 58.9. The second kappa shape index (κ2) is 3.55. The standard InChI is InChI=1S/C3H6FNO2/c1-5-7-3(4)6-2/h3H,1H2,2H3. The van der Waals surface area contributed by atoms with Crippen molar-refractivity contribution >= 4 is 6.72 Å². The first-order valence-corrected chi connectivity index (χ1v) is 1.60. The Balaban J connectivity index is 2.98. The summed E-state index contributed by atoms with van der Waals surface area (Å²) >= 11 is 0. The van der Waals surface area contributed by atoms with E-state index in [9.17, 15) is 4.39 Å². The van der Waals surface area contributed by atoms with Crippen LogP contribution in [-0.2, 0) is 9.57 Å². The van der Waals surface area contributed by atoms with E-state index in [1.165, 1.54) is 0 Å². The molecule has 0 saturated carbocycles. The molecule has 0 aromatic carbocycles. The Morgan fingerprint density at radius 1 is 1.86 bits per heavy atom. The minimum absolute atomic E-state index is 1.16. The van der Waals surface area contributed by atoms with Crippen LogP contribution in [0, 0.1) is 0 Å². The lowest BCUT2D eigenvalue weighted by Gasteiger charge is -1.98. The molecule has 0 fully saturated rings. The van der Waals surface area contributed by atoms with Gasteiger partial charge in [0.2, 0.25) is 0 Å². The van der Waals surface area contributed by atoms with Gasteiger partial charge < -0.3 is 9.57 Å². The molecule has 0 spiro atoms. The van der Waals surface area contributed by atoms with E-state index in [1.54, 1.807) is 0 Å². The average molecular weight is 107 g/mol. The molecule has 0 aliphatic heterocycles. The van der Waals surface area contributed by atoms with Crippen LogP contribution in [0.4, 0.5) is 4.39 Å². The summed E-state index contributed by atoms with van der Waals surface area (Å²) in [6.07, 6.45) is 0. The predicted octanol–water partition coefficient (Wildman–Crippen LogP) is 0.518. The van der Waals surface area contributed by atoms with E-state index in [0.717, 1.165) is 7.11 Å². The maximum absolute atomic E-state index is 11.6. The Morgan fingerprint density at radius 2 is 2.43 bits per heavy atom. The highest BCUT2D eigenvalue weighted by atomic mass is 19.2. The molecule has 0 rings (SSSR count). The number of ether oxygens (including phenoxy) is 1. The zero-order chi connectivity index (χ0) is 5.70. The van der Waals surface area contributed by atoms with Crippen LogP contribution in [0.25, 0.3) is 0 Å². The van der Waals surface area contributed by atoms with Crippen LogP contribution in [0.3, 0.4) is 0 Å². The third-order valence-corrected chi connectivity index (χ3v) is 0.343. The third-order valence-electron chi connectivity index (χ3n) is 0.343. The third kappa shape index (κ3) is 3.18. The van der Waals surface area contributed by atoms with Crippen LogP contribution in [-0.4, -0.2) is 20.4 Å². The minimum atomic E-state index is -1.78. The first-order chi connectivity index (χ1) is 3.31. The summed E-state index contributed by atoms with van der Waals surface area (Å²) in [6.45, 7) is 1.08. The summed E-state index contributed by atoms with van der Waals surface area (Å²) < 4.78 is 15.5. The van der Waals surface area contributed by atoms with Gasteiger partial charge in [-0.2, -0.15) is 4.39 Å². The highest BCUT2D eigenvalue weighted by Crippen LogP contribution is 1.91. The molecule has 0 aliphatic carbocycles. The maximum Gasteiger partial charge on any atom is 0.374 e. The summed E-state index contributed by atoms with van der Waals surface area (Å²) in [4.78, 5) is 3.82. The molecule has 3 nitrogen and oxygen atoms in total. The molecule has 1 unspecified atom stereocenters. The molecule has 0 radical (unpaired) electrons. The van der Waals surface area contributed by atoms with Crippen LogP contribution in [0.5, 0.6) is 0 Å². The van der Waals surface area contributed by atoms with Crippen LogP contribution in [0.15, 0.2) is 5.16 Å². The van der Waals surface area contributed by atoms with E-state index in [4.69, 9.17) is 0 Å². The summed E-state index contributed by atoms with van der Waals surface area (Å²) in [5.41, 5.74) is 0. The molecule has 1 atom stereocenters. The van der Waals surface area contributed by atoms with Crippen molar-refractivity contribution in [2.24, 2.45) is 5.16 Å². The number of methoxy groups -OCH3 is 1. The summed E-state index contributed by atoms with van der Waals surface area (Å²) in [7, 11) is 1.16. The lowest BCUT2D eigenvalue weighted by Crippen LogP contribution is -2.02. The quantitative estimate of drug-likeness (QED) is 0.299. The van der Waals surface area contributed by atoms with E-state index in [-0.39, 0.29) is 0 Å². The molecule has 4 heteroatoms. The number of halogens is 1. The second-order valence-electron chi connectivity index (χ2n) is 0.745. The van der Waals surface area contributed by atoms with Gasteiger partial charge in [0.25, 0.3) is 0 Å². The number of oxime groups is 1. The molecule has 0 heterocycles. The first kappa shape index (κ1) is 6.36. The van der Waals surface area contributed by atoms with Gasteiger partial charge in [0.15, 0.2) is 0 Å². The highest BCUT2D eigenvalue weighted by Gasteiger charge is 1.98. The molecular formula is C3H6FNO2. The summed E-state index contributed by atoms with van der Waals surface area (Å²) in [5.74, 6) is 0. The molecule has 0 N–H and O–H groups in total. The van der Waals surface area contributed by atoms with E-state index in [1.807, 2.05) is 0 Å². The Hall–Kier alpha value is -0.640. The van der Waals surface area contributed by atoms with Crippen molar-refractivity contribution in [1.29, 1.82) is 0 Å². The Morgan fingerprint density at radius 3 is 2.57 bits per heavy atom. The lowest BCUT2D eigenvalue weighted by atomic mass is 11.3. The number of hydrogen-bond acceptors (Lipinski definition) is 3. The second-order valence-corrected chi connectivity index (χ2v) is 0.745. The fraction of sp³-hybridized carbons (Fsp3) is 0.667. The molecule has 0 aromatic heterocycles. The number of nitrogens with zero attached hydrogens (tertiary/aromatic N) is 1. The van der Waals surface area contributed by atoms with Gasteiger partial charge >= 0.3 is 6.54 Å². The van der Waals surface area contributed by atoms with Crippen molar-refractivity contribution in [2.45, 2.75) is 6.54 Å². The molecule has 0 amide bonds.